The van der Waals surface area contributed by atoms with Gasteiger partial charge in [-0.05, 0) is 18.6 Å². The number of aromatic hydroxyl groups is 2. The largest absolute Gasteiger partial charge is 0.503 e. The van der Waals surface area contributed by atoms with E-state index in [1.54, 1.807) is 13.0 Å². The Morgan fingerprint density at radius 2 is 1.92 bits per heavy atom. The van der Waals surface area contributed by atoms with Gasteiger partial charge in [-0.2, -0.15) is 0 Å². The highest BCUT2D eigenvalue weighted by atomic mass is 35.5. The Labute approximate surface area is 75.2 Å². The number of halogens is 1. The van der Waals surface area contributed by atoms with Crippen LogP contribution in [0.15, 0.2) is 6.07 Å². The van der Waals surface area contributed by atoms with Crippen LogP contribution in [0.5, 0.6) is 17.2 Å². The minimum Gasteiger partial charge on any atom is -0.503 e. The van der Waals surface area contributed by atoms with E-state index in [1.165, 1.54) is 7.11 Å². The first-order valence-electron chi connectivity index (χ1n) is 3.33. The topological polar surface area (TPSA) is 49.7 Å². The molecule has 0 heterocycles. The molecule has 0 fully saturated rings. The van der Waals surface area contributed by atoms with Crippen LogP contribution in [0, 0.1) is 6.92 Å². The summed E-state index contributed by atoms with van der Waals surface area (Å²) in [7, 11) is 1.40. The Balaban J connectivity index is 3.39. The van der Waals surface area contributed by atoms with Gasteiger partial charge in [-0.15, -0.1) is 0 Å². The van der Waals surface area contributed by atoms with Crippen LogP contribution in [0.25, 0.3) is 0 Å². The summed E-state index contributed by atoms with van der Waals surface area (Å²) >= 11 is 5.65. The van der Waals surface area contributed by atoms with Crippen molar-refractivity contribution < 1.29 is 14.9 Å². The molecule has 0 spiro atoms. The molecule has 0 saturated heterocycles. The van der Waals surface area contributed by atoms with Crippen molar-refractivity contribution in [2.24, 2.45) is 0 Å². The molecule has 1 rings (SSSR count). The molecule has 12 heavy (non-hydrogen) atoms. The van der Waals surface area contributed by atoms with E-state index in [0.29, 0.717) is 5.56 Å². The van der Waals surface area contributed by atoms with Crippen LogP contribution in [0.1, 0.15) is 5.56 Å². The highest BCUT2D eigenvalue weighted by molar-refractivity contribution is 6.33. The fourth-order valence-corrected chi connectivity index (χ4v) is 1.04. The van der Waals surface area contributed by atoms with E-state index in [0.717, 1.165) is 0 Å². The number of phenolic OH excluding ortho intramolecular Hbond substituents is 2. The van der Waals surface area contributed by atoms with Gasteiger partial charge in [-0.25, -0.2) is 0 Å². The smallest absolute Gasteiger partial charge is 0.202 e. The van der Waals surface area contributed by atoms with Crippen molar-refractivity contribution in [3.63, 3.8) is 0 Å². The molecule has 0 aliphatic carbocycles. The molecule has 0 amide bonds. The summed E-state index contributed by atoms with van der Waals surface area (Å²) in [4.78, 5) is 0. The van der Waals surface area contributed by atoms with Gasteiger partial charge in [-0.1, -0.05) is 11.6 Å². The Morgan fingerprint density at radius 1 is 1.33 bits per heavy atom. The average molecular weight is 189 g/mol. The third kappa shape index (κ3) is 1.28. The molecule has 1 aromatic rings. The number of ether oxygens (including phenoxy) is 1. The number of aryl methyl sites for hydroxylation is 1. The molecule has 3 nitrogen and oxygen atoms in total. The van der Waals surface area contributed by atoms with Crippen molar-refractivity contribution in [3.8, 4) is 17.2 Å². The van der Waals surface area contributed by atoms with E-state index >= 15 is 0 Å². The quantitative estimate of drug-likeness (QED) is 0.664. The van der Waals surface area contributed by atoms with Crippen molar-refractivity contribution in [3.05, 3.63) is 16.7 Å². The first-order chi connectivity index (χ1) is 5.57. The second kappa shape index (κ2) is 3.11. The Hall–Kier alpha value is -1.09. The van der Waals surface area contributed by atoms with E-state index in [-0.39, 0.29) is 22.3 Å². The summed E-state index contributed by atoms with van der Waals surface area (Å²) in [6.45, 7) is 1.71. The fraction of sp³-hybridized carbons (Fsp3) is 0.250. The predicted octanol–water partition coefficient (Wildman–Crippen LogP) is 2.07. The molecular formula is C8H9ClO3. The summed E-state index contributed by atoms with van der Waals surface area (Å²) in [5.74, 6) is -0.448. The lowest BCUT2D eigenvalue weighted by Crippen LogP contribution is -1.86. The maximum Gasteiger partial charge on any atom is 0.202 e. The Kier molecular flexibility index (Phi) is 2.33. The second-order valence-electron chi connectivity index (χ2n) is 2.41. The number of rotatable bonds is 1. The van der Waals surface area contributed by atoms with Crippen LogP contribution >= 0.6 is 11.6 Å². The predicted molar refractivity (Wildman–Crippen MR) is 46.1 cm³/mol. The van der Waals surface area contributed by atoms with Gasteiger partial charge in [0.1, 0.15) is 0 Å². The maximum absolute atomic E-state index is 9.24. The monoisotopic (exact) mass is 188 g/mol. The van der Waals surface area contributed by atoms with E-state index in [1.807, 2.05) is 0 Å². The molecule has 4 heteroatoms. The second-order valence-corrected chi connectivity index (χ2v) is 2.78. The molecule has 2 N–H and O–H groups in total. The molecule has 0 bridgehead atoms. The minimum absolute atomic E-state index is 0.147. The van der Waals surface area contributed by atoms with Crippen LogP contribution in [-0.4, -0.2) is 17.3 Å². The molecule has 0 aliphatic rings. The summed E-state index contributed by atoms with van der Waals surface area (Å²) in [6.07, 6.45) is 0. The molecule has 0 aliphatic heterocycles. The lowest BCUT2D eigenvalue weighted by molar-refractivity contribution is 0.350. The fourth-order valence-electron chi connectivity index (χ4n) is 0.891. The SMILES string of the molecule is COc1cc(C)c(Cl)c(O)c1O. The zero-order valence-corrected chi connectivity index (χ0v) is 7.51. The Morgan fingerprint density at radius 3 is 2.42 bits per heavy atom. The highest BCUT2D eigenvalue weighted by Crippen LogP contribution is 2.42. The average Bonchev–Trinajstić information content (AvgIpc) is 2.08. The van der Waals surface area contributed by atoms with Crippen molar-refractivity contribution in [1.29, 1.82) is 0 Å². The molecule has 0 unspecified atom stereocenters. The van der Waals surface area contributed by atoms with Crippen molar-refractivity contribution in [1.82, 2.24) is 0 Å². The molecule has 0 atom stereocenters. The van der Waals surface area contributed by atoms with E-state index in [9.17, 15) is 10.2 Å². The normalized spacial score (nSPS) is 9.92. The zero-order chi connectivity index (χ0) is 9.30. The van der Waals surface area contributed by atoms with Gasteiger partial charge in [0.25, 0.3) is 0 Å². The Bertz CT molecular complexity index is 310. The summed E-state index contributed by atoms with van der Waals surface area (Å²) in [5.41, 5.74) is 0.656. The molecule has 0 saturated carbocycles. The van der Waals surface area contributed by atoms with E-state index in [4.69, 9.17) is 16.3 Å². The number of phenols is 2. The van der Waals surface area contributed by atoms with Crippen LogP contribution in [-0.2, 0) is 0 Å². The summed E-state index contributed by atoms with van der Waals surface area (Å²) in [5, 5.41) is 18.6. The molecule has 0 radical (unpaired) electrons. The summed E-state index contributed by atoms with van der Waals surface area (Å²) in [6, 6.07) is 1.55. The minimum atomic E-state index is -0.339. The van der Waals surface area contributed by atoms with Gasteiger partial charge in [0.05, 0.1) is 12.1 Å². The van der Waals surface area contributed by atoms with Crippen molar-refractivity contribution >= 4 is 11.6 Å². The highest BCUT2D eigenvalue weighted by Gasteiger charge is 2.13. The number of benzene rings is 1. The van der Waals surface area contributed by atoms with Gasteiger partial charge < -0.3 is 14.9 Å². The van der Waals surface area contributed by atoms with Crippen molar-refractivity contribution in [2.75, 3.05) is 7.11 Å². The van der Waals surface area contributed by atoms with Gasteiger partial charge in [0.2, 0.25) is 5.75 Å². The van der Waals surface area contributed by atoms with Crippen LogP contribution in [0.3, 0.4) is 0 Å². The molecular weight excluding hydrogens is 180 g/mol. The van der Waals surface area contributed by atoms with Gasteiger partial charge in [-0.3, -0.25) is 0 Å². The number of methoxy groups -OCH3 is 1. The zero-order valence-electron chi connectivity index (χ0n) is 6.76. The molecule has 1 aromatic carbocycles. The first-order valence-corrected chi connectivity index (χ1v) is 3.70. The summed E-state index contributed by atoms with van der Waals surface area (Å²) < 4.78 is 4.79. The van der Waals surface area contributed by atoms with E-state index < -0.39 is 0 Å². The number of hydrogen-bond donors (Lipinski definition) is 2. The third-order valence-corrected chi connectivity index (χ3v) is 2.06. The van der Waals surface area contributed by atoms with Gasteiger partial charge >= 0.3 is 0 Å². The van der Waals surface area contributed by atoms with Crippen LogP contribution in [0.4, 0.5) is 0 Å². The molecule has 0 aromatic heterocycles. The molecule has 66 valence electrons. The number of hydrogen-bond acceptors (Lipinski definition) is 3. The van der Waals surface area contributed by atoms with E-state index in [2.05, 4.69) is 0 Å². The third-order valence-electron chi connectivity index (χ3n) is 1.58. The van der Waals surface area contributed by atoms with Crippen molar-refractivity contribution in [2.45, 2.75) is 6.92 Å². The van der Waals surface area contributed by atoms with Crippen LogP contribution < -0.4 is 4.74 Å². The van der Waals surface area contributed by atoms with Gasteiger partial charge in [0, 0.05) is 0 Å². The van der Waals surface area contributed by atoms with Gasteiger partial charge in [0.15, 0.2) is 11.5 Å². The lowest BCUT2D eigenvalue weighted by atomic mass is 10.2. The standard InChI is InChI=1S/C8H9ClO3/c1-4-3-5(12-2)7(10)8(11)6(4)9/h3,10-11H,1-2H3. The lowest BCUT2D eigenvalue weighted by Gasteiger charge is -2.08. The first kappa shape index (κ1) is 9.00. The maximum atomic E-state index is 9.24. The van der Waals surface area contributed by atoms with Crippen LogP contribution in [0.2, 0.25) is 5.02 Å².